The monoisotopic (exact) mass is 370 g/mol. The second-order valence-corrected chi connectivity index (χ2v) is 7.01. The molecular weight excluding hydrogens is 344 g/mol. The molecule has 0 amide bonds. The molecule has 138 valence electrons. The highest BCUT2D eigenvalue weighted by atomic mass is 35.5. The molecule has 3 nitrogen and oxygen atoms in total. The SMILES string of the molecule is CCOc1ccccc1CN1CCN(C/C=C/c2ccc(Cl)cc2)CC1. The summed E-state index contributed by atoms with van der Waals surface area (Å²) in [4.78, 5) is 5.01. The zero-order valence-corrected chi connectivity index (χ0v) is 16.2. The Balaban J connectivity index is 1.45. The van der Waals surface area contributed by atoms with Gasteiger partial charge in [0.15, 0.2) is 0 Å². The quantitative estimate of drug-likeness (QED) is 0.710. The molecule has 0 spiro atoms. The Morgan fingerprint density at radius 1 is 0.962 bits per heavy atom. The maximum absolute atomic E-state index is 5.92. The van der Waals surface area contributed by atoms with Crippen molar-refractivity contribution in [3.8, 4) is 5.75 Å². The van der Waals surface area contributed by atoms with Crippen LogP contribution < -0.4 is 4.74 Å². The predicted octanol–water partition coefficient (Wildman–Crippen LogP) is 4.57. The average Bonchev–Trinajstić information content (AvgIpc) is 2.67. The van der Waals surface area contributed by atoms with Gasteiger partial charge < -0.3 is 4.74 Å². The number of ether oxygens (including phenoxy) is 1. The maximum atomic E-state index is 5.92. The van der Waals surface area contributed by atoms with Gasteiger partial charge in [-0.15, -0.1) is 0 Å². The predicted molar refractivity (Wildman–Crippen MR) is 110 cm³/mol. The highest BCUT2D eigenvalue weighted by Gasteiger charge is 2.17. The summed E-state index contributed by atoms with van der Waals surface area (Å²) in [5, 5.41) is 0.782. The summed E-state index contributed by atoms with van der Waals surface area (Å²) in [6, 6.07) is 16.3. The molecule has 1 aliphatic rings. The highest BCUT2D eigenvalue weighted by molar-refractivity contribution is 6.30. The lowest BCUT2D eigenvalue weighted by Gasteiger charge is -2.34. The zero-order chi connectivity index (χ0) is 18.2. The summed E-state index contributed by atoms with van der Waals surface area (Å²) < 4.78 is 5.75. The molecule has 0 aliphatic carbocycles. The van der Waals surface area contributed by atoms with E-state index in [4.69, 9.17) is 16.3 Å². The van der Waals surface area contributed by atoms with Gasteiger partial charge in [0, 0.05) is 49.9 Å². The topological polar surface area (TPSA) is 15.7 Å². The third kappa shape index (κ3) is 5.60. The Hall–Kier alpha value is -1.81. The van der Waals surface area contributed by atoms with Crippen molar-refractivity contribution in [1.29, 1.82) is 0 Å². The number of hydrogen-bond donors (Lipinski definition) is 0. The molecule has 0 radical (unpaired) electrons. The van der Waals surface area contributed by atoms with Crippen LogP contribution in [-0.2, 0) is 6.54 Å². The standard InChI is InChI=1S/C22H27ClN2O/c1-2-26-22-8-4-3-7-20(22)18-25-16-14-24(15-17-25)13-5-6-19-9-11-21(23)12-10-19/h3-12H,2,13-18H2,1H3/b6-5+. The van der Waals surface area contributed by atoms with E-state index in [1.165, 1.54) is 11.1 Å². The van der Waals surface area contributed by atoms with Crippen molar-refractivity contribution in [3.63, 3.8) is 0 Å². The first-order valence-corrected chi connectivity index (χ1v) is 9.70. The van der Waals surface area contributed by atoms with Crippen LogP contribution in [0.3, 0.4) is 0 Å². The van der Waals surface area contributed by atoms with E-state index in [-0.39, 0.29) is 0 Å². The van der Waals surface area contributed by atoms with Gasteiger partial charge in [0.2, 0.25) is 0 Å². The molecule has 1 heterocycles. The van der Waals surface area contributed by atoms with Crippen LogP contribution in [0.2, 0.25) is 5.02 Å². The molecule has 0 atom stereocenters. The fourth-order valence-corrected chi connectivity index (χ4v) is 3.34. The number of piperazine rings is 1. The molecule has 4 heteroatoms. The maximum Gasteiger partial charge on any atom is 0.123 e. The van der Waals surface area contributed by atoms with Crippen LogP contribution in [0.4, 0.5) is 0 Å². The second-order valence-electron chi connectivity index (χ2n) is 6.57. The van der Waals surface area contributed by atoms with E-state index in [1.807, 2.05) is 37.3 Å². The van der Waals surface area contributed by atoms with E-state index in [0.29, 0.717) is 6.61 Å². The molecule has 3 rings (SSSR count). The van der Waals surface area contributed by atoms with Crippen LogP contribution in [0.15, 0.2) is 54.6 Å². The molecule has 1 saturated heterocycles. The second kappa shape index (κ2) is 9.77. The fraction of sp³-hybridized carbons (Fsp3) is 0.364. The fourth-order valence-electron chi connectivity index (χ4n) is 3.21. The van der Waals surface area contributed by atoms with Gasteiger partial charge in [-0.2, -0.15) is 0 Å². The molecule has 0 N–H and O–H groups in total. The van der Waals surface area contributed by atoms with Crippen molar-refractivity contribution in [2.24, 2.45) is 0 Å². The molecule has 2 aromatic rings. The Morgan fingerprint density at radius 3 is 2.38 bits per heavy atom. The summed E-state index contributed by atoms with van der Waals surface area (Å²) in [6.45, 7) is 9.09. The first-order chi connectivity index (χ1) is 12.7. The summed E-state index contributed by atoms with van der Waals surface area (Å²) >= 11 is 5.92. The lowest BCUT2D eigenvalue weighted by atomic mass is 10.1. The van der Waals surface area contributed by atoms with Crippen LogP contribution in [0, 0.1) is 0 Å². The van der Waals surface area contributed by atoms with Crippen LogP contribution in [0.5, 0.6) is 5.75 Å². The van der Waals surface area contributed by atoms with Gasteiger partial charge in [-0.25, -0.2) is 0 Å². The Kier molecular flexibility index (Phi) is 7.13. The lowest BCUT2D eigenvalue weighted by Crippen LogP contribution is -2.45. The molecule has 1 fully saturated rings. The number of para-hydroxylation sites is 1. The summed E-state index contributed by atoms with van der Waals surface area (Å²) in [7, 11) is 0. The van der Waals surface area contributed by atoms with Crippen molar-refractivity contribution in [2.45, 2.75) is 13.5 Å². The van der Waals surface area contributed by atoms with Gasteiger partial charge in [0.25, 0.3) is 0 Å². The van der Waals surface area contributed by atoms with E-state index in [9.17, 15) is 0 Å². The van der Waals surface area contributed by atoms with Gasteiger partial charge in [-0.3, -0.25) is 9.80 Å². The normalized spacial score (nSPS) is 16.2. The lowest BCUT2D eigenvalue weighted by molar-refractivity contribution is 0.136. The Labute approximate surface area is 161 Å². The number of rotatable bonds is 7. The number of nitrogens with zero attached hydrogens (tertiary/aromatic N) is 2. The minimum atomic E-state index is 0.713. The van der Waals surface area contributed by atoms with Gasteiger partial charge in [-0.05, 0) is 30.7 Å². The van der Waals surface area contributed by atoms with Gasteiger partial charge in [0.05, 0.1) is 6.61 Å². The van der Waals surface area contributed by atoms with Crippen LogP contribution in [0.25, 0.3) is 6.08 Å². The smallest absolute Gasteiger partial charge is 0.123 e. The zero-order valence-electron chi connectivity index (χ0n) is 15.4. The molecular formula is C22H27ClN2O. The third-order valence-electron chi connectivity index (χ3n) is 4.68. The van der Waals surface area contributed by atoms with E-state index >= 15 is 0 Å². The van der Waals surface area contributed by atoms with E-state index in [0.717, 1.165) is 50.0 Å². The number of benzene rings is 2. The summed E-state index contributed by atoms with van der Waals surface area (Å²) in [5.74, 6) is 1.02. The van der Waals surface area contributed by atoms with Crippen molar-refractivity contribution in [1.82, 2.24) is 9.80 Å². The van der Waals surface area contributed by atoms with Crippen LogP contribution >= 0.6 is 11.6 Å². The largest absolute Gasteiger partial charge is 0.494 e. The molecule has 0 aromatic heterocycles. The number of hydrogen-bond acceptors (Lipinski definition) is 3. The highest BCUT2D eigenvalue weighted by Crippen LogP contribution is 2.20. The molecule has 0 saturated carbocycles. The molecule has 0 unspecified atom stereocenters. The van der Waals surface area contributed by atoms with Gasteiger partial charge in [0.1, 0.15) is 5.75 Å². The Morgan fingerprint density at radius 2 is 1.65 bits per heavy atom. The van der Waals surface area contributed by atoms with Crippen LogP contribution in [0.1, 0.15) is 18.1 Å². The van der Waals surface area contributed by atoms with E-state index in [1.54, 1.807) is 0 Å². The van der Waals surface area contributed by atoms with Crippen molar-refractivity contribution in [3.05, 3.63) is 70.8 Å². The minimum absolute atomic E-state index is 0.713. The van der Waals surface area contributed by atoms with Crippen molar-refractivity contribution < 1.29 is 4.74 Å². The van der Waals surface area contributed by atoms with E-state index < -0.39 is 0 Å². The van der Waals surface area contributed by atoms with Gasteiger partial charge in [-0.1, -0.05) is 54.1 Å². The first-order valence-electron chi connectivity index (χ1n) is 9.32. The van der Waals surface area contributed by atoms with E-state index in [2.05, 4.69) is 40.2 Å². The van der Waals surface area contributed by atoms with Gasteiger partial charge >= 0.3 is 0 Å². The third-order valence-corrected chi connectivity index (χ3v) is 4.93. The number of halogens is 1. The summed E-state index contributed by atoms with van der Waals surface area (Å²) in [6.07, 6.45) is 4.41. The van der Waals surface area contributed by atoms with Crippen molar-refractivity contribution >= 4 is 17.7 Å². The Bertz CT molecular complexity index is 706. The minimum Gasteiger partial charge on any atom is -0.494 e. The van der Waals surface area contributed by atoms with Crippen LogP contribution in [-0.4, -0.2) is 49.1 Å². The molecule has 1 aliphatic heterocycles. The average molecular weight is 371 g/mol. The molecule has 2 aromatic carbocycles. The first kappa shape index (κ1) is 19.0. The molecule has 26 heavy (non-hydrogen) atoms. The molecule has 0 bridgehead atoms. The summed E-state index contributed by atoms with van der Waals surface area (Å²) in [5.41, 5.74) is 2.48. The van der Waals surface area contributed by atoms with Crippen molar-refractivity contribution in [2.75, 3.05) is 39.3 Å².